The van der Waals surface area contributed by atoms with Crippen LogP contribution in [0, 0.1) is 0 Å². The quantitative estimate of drug-likeness (QED) is 0.742. The molecule has 3 rings (SSSR count). The van der Waals surface area contributed by atoms with Crippen LogP contribution in [-0.2, 0) is 19.1 Å². The number of ether oxygens (including phenoxy) is 2. The lowest BCUT2D eigenvalue weighted by atomic mass is 10.1. The summed E-state index contributed by atoms with van der Waals surface area (Å²) in [4.78, 5) is 28.8. The lowest BCUT2D eigenvalue weighted by Crippen LogP contribution is -2.27. The maximum absolute atomic E-state index is 12.5. The van der Waals surface area contributed by atoms with Crippen LogP contribution < -0.4 is 9.80 Å². The van der Waals surface area contributed by atoms with E-state index in [0.29, 0.717) is 0 Å². The number of hydrogen-bond acceptors (Lipinski definition) is 6. The van der Waals surface area contributed by atoms with Crippen molar-refractivity contribution in [2.24, 2.45) is 0 Å². The molecule has 0 amide bonds. The summed E-state index contributed by atoms with van der Waals surface area (Å²) in [6.45, 7) is 2.12. The molecule has 0 N–H and O–H groups in total. The molecule has 0 atom stereocenters. The summed E-state index contributed by atoms with van der Waals surface area (Å²) in [6, 6.07) is 8.01. The second kappa shape index (κ2) is 9.26. The van der Waals surface area contributed by atoms with Crippen LogP contribution in [0.5, 0.6) is 0 Å². The first-order valence-corrected chi connectivity index (χ1v) is 9.55. The Labute approximate surface area is 165 Å². The number of rotatable bonds is 4. The highest BCUT2D eigenvalue weighted by Crippen LogP contribution is 2.29. The van der Waals surface area contributed by atoms with E-state index in [4.69, 9.17) is 9.47 Å². The Bertz CT molecular complexity index is 800. The van der Waals surface area contributed by atoms with Crippen molar-refractivity contribution in [1.29, 1.82) is 0 Å². The highest BCUT2D eigenvalue weighted by atomic mass is 16.5. The Morgan fingerprint density at radius 3 is 2.04 bits per heavy atom. The standard InChI is InChI=1S/C22H26N2O4/c1-27-21(25)19-9-5-8-16-24(20(19)22(26)28-2)18-12-10-17(11-13-18)23-14-6-3-4-7-15-23/h5,8-13,16H,3-4,6-7,14-15H2,1-2H3. The SMILES string of the molecule is COC(=O)C1=C(C(=O)OC)N(c2ccc(N3CCCCCC3)cc2)C=CC=C1. The Kier molecular flexibility index (Phi) is 6.53. The van der Waals surface area contributed by atoms with Gasteiger partial charge in [0.2, 0.25) is 0 Å². The molecule has 148 valence electrons. The van der Waals surface area contributed by atoms with Crippen molar-refractivity contribution in [2.75, 3.05) is 37.1 Å². The van der Waals surface area contributed by atoms with Crippen molar-refractivity contribution >= 4 is 23.3 Å². The van der Waals surface area contributed by atoms with Crippen molar-refractivity contribution in [2.45, 2.75) is 25.7 Å². The van der Waals surface area contributed by atoms with Gasteiger partial charge in [-0.25, -0.2) is 9.59 Å². The number of anilines is 2. The molecule has 6 heteroatoms. The smallest absolute Gasteiger partial charge is 0.355 e. The Morgan fingerprint density at radius 1 is 0.821 bits per heavy atom. The predicted octanol–water partition coefficient (Wildman–Crippen LogP) is 3.56. The first-order chi connectivity index (χ1) is 13.7. The van der Waals surface area contributed by atoms with E-state index in [1.807, 2.05) is 12.1 Å². The van der Waals surface area contributed by atoms with Crippen LogP contribution >= 0.6 is 0 Å². The van der Waals surface area contributed by atoms with Crippen LogP contribution in [0.3, 0.4) is 0 Å². The number of methoxy groups -OCH3 is 2. The molecular weight excluding hydrogens is 356 g/mol. The second-order valence-corrected chi connectivity index (χ2v) is 6.73. The van der Waals surface area contributed by atoms with Gasteiger partial charge in [-0.2, -0.15) is 0 Å². The number of carbonyl (C=O) groups excluding carboxylic acids is 2. The fraction of sp³-hybridized carbons (Fsp3) is 0.364. The summed E-state index contributed by atoms with van der Waals surface area (Å²) >= 11 is 0. The summed E-state index contributed by atoms with van der Waals surface area (Å²) in [7, 11) is 2.58. The number of esters is 2. The van der Waals surface area contributed by atoms with E-state index in [1.54, 1.807) is 29.3 Å². The van der Waals surface area contributed by atoms with Gasteiger partial charge >= 0.3 is 11.9 Å². The van der Waals surface area contributed by atoms with Gasteiger partial charge in [0.25, 0.3) is 0 Å². The van der Waals surface area contributed by atoms with Crippen molar-refractivity contribution in [1.82, 2.24) is 0 Å². The molecule has 0 saturated carbocycles. The molecule has 2 aliphatic heterocycles. The Morgan fingerprint density at radius 2 is 1.43 bits per heavy atom. The summed E-state index contributed by atoms with van der Waals surface area (Å²) in [5.74, 6) is -1.19. The van der Waals surface area contributed by atoms with Gasteiger partial charge in [0, 0.05) is 30.7 Å². The van der Waals surface area contributed by atoms with Gasteiger partial charge in [0.15, 0.2) is 0 Å². The Balaban J connectivity index is 1.95. The molecule has 1 fully saturated rings. The minimum Gasteiger partial charge on any atom is -0.465 e. The number of carbonyl (C=O) groups is 2. The molecule has 1 aromatic rings. The maximum atomic E-state index is 12.5. The largest absolute Gasteiger partial charge is 0.465 e. The van der Waals surface area contributed by atoms with E-state index in [-0.39, 0.29) is 11.3 Å². The summed E-state index contributed by atoms with van der Waals surface area (Å²) in [6.07, 6.45) is 11.7. The molecule has 0 spiro atoms. The predicted molar refractivity (Wildman–Crippen MR) is 109 cm³/mol. The Hall–Kier alpha value is -3.02. The summed E-state index contributed by atoms with van der Waals surface area (Å²) in [5, 5.41) is 0. The van der Waals surface area contributed by atoms with E-state index in [0.717, 1.165) is 18.8 Å². The fourth-order valence-electron chi connectivity index (χ4n) is 3.52. The van der Waals surface area contributed by atoms with Crippen LogP contribution in [0.4, 0.5) is 11.4 Å². The van der Waals surface area contributed by atoms with Crippen molar-refractivity contribution in [3.8, 4) is 0 Å². The third-order valence-electron chi connectivity index (χ3n) is 4.99. The number of hydrogen-bond donors (Lipinski definition) is 0. The van der Waals surface area contributed by atoms with Crippen molar-refractivity contribution in [3.63, 3.8) is 0 Å². The summed E-state index contributed by atoms with van der Waals surface area (Å²) in [5.41, 5.74) is 2.21. The van der Waals surface area contributed by atoms with Gasteiger partial charge in [-0.1, -0.05) is 18.9 Å². The highest BCUT2D eigenvalue weighted by molar-refractivity contribution is 6.05. The van der Waals surface area contributed by atoms with Gasteiger partial charge in [0.1, 0.15) is 5.70 Å². The second-order valence-electron chi connectivity index (χ2n) is 6.73. The number of allylic oxidation sites excluding steroid dienone is 2. The minimum absolute atomic E-state index is 0.127. The molecule has 0 radical (unpaired) electrons. The van der Waals surface area contributed by atoms with E-state index < -0.39 is 11.9 Å². The zero-order chi connectivity index (χ0) is 19.9. The van der Waals surface area contributed by atoms with Crippen molar-refractivity contribution in [3.05, 3.63) is 60.0 Å². The van der Waals surface area contributed by atoms with E-state index >= 15 is 0 Å². The molecule has 0 aliphatic carbocycles. The lowest BCUT2D eigenvalue weighted by Gasteiger charge is -2.26. The average molecular weight is 382 g/mol. The molecule has 2 heterocycles. The van der Waals surface area contributed by atoms with Gasteiger partial charge < -0.3 is 19.3 Å². The maximum Gasteiger partial charge on any atom is 0.355 e. The average Bonchev–Trinajstić information content (AvgIpc) is 3.14. The number of benzene rings is 1. The van der Waals surface area contributed by atoms with Crippen molar-refractivity contribution < 1.29 is 19.1 Å². The molecule has 0 unspecified atom stereocenters. The van der Waals surface area contributed by atoms with Gasteiger partial charge in [-0.3, -0.25) is 0 Å². The topological polar surface area (TPSA) is 59.1 Å². The van der Waals surface area contributed by atoms with Crippen LogP contribution in [0.25, 0.3) is 0 Å². The molecule has 0 aromatic heterocycles. The molecule has 1 aromatic carbocycles. The zero-order valence-corrected chi connectivity index (χ0v) is 16.4. The van der Waals surface area contributed by atoms with Crippen LogP contribution in [-0.4, -0.2) is 39.2 Å². The van der Waals surface area contributed by atoms with Gasteiger partial charge in [-0.15, -0.1) is 0 Å². The molecule has 2 aliphatic rings. The van der Waals surface area contributed by atoms with Gasteiger partial charge in [-0.05, 0) is 49.3 Å². The van der Waals surface area contributed by atoms with Crippen LogP contribution in [0.1, 0.15) is 25.7 Å². The normalized spacial score (nSPS) is 17.2. The first-order valence-electron chi connectivity index (χ1n) is 9.55. The third-order valence-corrected chi connectivity index (χ3v) is 4.99. The van der Waals surface area contributed by atoms with E-state index in [9.17, 15) is 9.59 Å². The fourth-order valence-corrected chi connectivity index (χ4v) is 3.52. The van der Waals surface area contributed by atoms with Crippen LogP contribution in [0.2, 0.25) is 0 Å². The van der Waals surface area contributed by atoms with Gasteiger partial charge in [0.05, 0.1) is 19.8 Å². The summed E-state index contributed by atoms with van der Waals surface area (Å²) < 4.78 is 9.78. The number of nitrogens with zero attached hydrogens (tertiary/aromatic N) is 2. The third kappa shape index (κ3) is 4.27. The molecular formula is C22H26N2O4. The van der Waals surface area contributed by atoms with E-state index in [2.05, 4.69) is 17.0 Å². The molecule has 0 bridgehead atoms. The zero-order valence-electron chi connectivity index (χ0n) is 16.4. The molecule has 28 heavy (non-hydrogen) atoms. The first kappa shape index (κ1) is 19.7. The van der Waals surface area contributed by atoms with Crippen LogP contribution in [0.15, 0.2) is 60.0 Å². The monoisotopic (exact) mass is 382 g/mol. The minimum atomic E-state index is -0.604. The molecule has 6 nitrogen and oxygen atoms in total. The lowest BCUT2D eigenvalue weighted by molar-refractivity contribution is -0.139. The highest BCUT2D eigenvalue weighted by Gasteiger charge is 2.27. The molecule has 1 saturated heterocycles. The van der Waals surface area contributed by atoms with E-state index in [1.165, 1.54) is 45.6 Å².